The molecule has 2 aromatic heterocycles. The molecular formula is C14H18N6OS. The minimum atomic E-state index is -0.000446. The second-order valence-corrected chi connectivity index (χ2v) is 6.12. The smallest absolute Gasteiger partial charge is 0.261 e. The Hall–Kier alpha value is -2.06. The predicted octanol–water partition coefficient (Wildman–Crippen LogP) is 0.770. The Kier molecular flexibility index (Phi) is 4.30. The van der Waals surface area contributed by atoms with Crippen LogP contribution in [0, 0.1) is 0 Å². The Labute approximate surface area is 132 Å². The molecule has 0 spiro atoms. The number of anilines is 1. The van der Waals surface area contributed by atoms with Gasteiger partial charge in [0.2, 0.25) is 0 Å². The molecule has 116 valence electrons. The van der Waals surface area contributed by atoms with Gasteiger partial charge < -0.3 is 20.5 Å². The average molecular weight is 318 g/mol. The van der Waals surface area contributed by atoms with Crippen molar-refractivity contribution in [3.63, 3.8) is 0 Å². The molecule has 22 heavy (non-hydrogen) atoms. The third-order valence-corrected chi connectivity index (χ3v) is 4.47. The van der Waals surface area contributed by atoms with Gasteiger partial charge in [-0.2, -0.15) is 0 Å². The molecule has 0 bridgehead atoms. The number of nitrogens with zero attached hydrogens (tertiary/aromatic N) is 4. The lowest BCUT2D eigenvalue weighted by Gasteiger charge is -2.27. The maximum Gasteiger partial charge on any atom is 0.261 e. The van der Waals surface area contributed by atoms with E-state index < -0.39 is 0 Å². The van der Waals surface area contributed by atoms with E-state index in [-0.39, 0.29) is 5.91 Å². The number of likely N-dealkylation sites (N-methyl/N-ethyl adjacent to an activating group) is 1. The van der Waals surface area contributed by atoms with Gasteiger partial charge >= 0.3 is 0 Å². The zero-order valence-corrected chi connectivity index (χ0v) is 13.1. The van der Waals surface area contributed by atoms with E-state index in [1.165, 1.54) is 6.33 Å². The monoisotopic (exact) mass is 318 g/mol. The van der Waals surface area contributed by atoms with Crippen LogP contribution in [0.4, 0.5) is 5.82 Å². The molecule has 8 heteroatoms. The molecule has 0 atom stereocenters. The SMILES string of the molecule is CN(CCN)C(=O)C1=CN(c2ncnc3[nH]ccc23)CCS1. The first kappa shape index (κ1) is 14.9. The van der Waals surface area contributed by atoms with Crippen molar-refractivity contribution in [1.29, 1.82) is 0 Å². The van der Waals surface area contributed by atoms with Gasteiger partial charge in [-0.05, 0) is 6.07 Å². The summed E-state index contributed by atoms with van der Waals surface area (Å²) >= 11 is 1.57. The van der Waals surface area contributed by atoms with E-state index in [2.05, 4.69) is 15.0 Å². The number of hydrogen-bond donors (Lipinski definition) is 2. The Morgan fingerprint density at radius 3 is 3.23 bits per heavy atom. The van der Waals surface area contributed by atoms with E-state index in [0.29, 0.717) is 18.0 Å². The molecule has 0 saturated carbocycles. The number of thioether (sulfide) groups is 1. The molecule has 2 aromatic rings. The van der Waals surface area contributed by atoms with Crippen LogP contribution in [-0.4, -0.2) is 58.2 Å². The topological polar surface area (TPSA) is 91.1 Å². The summed E-state index contributed by atoms with van der Waals surface area (Å²) in [5.41, 5.74) is 6.31. The summed E-state index contributed by atoms with van der Waals surface area (Å²) in [6, 6.07) is 1.95. The molecule has 0 aromatic carbocycles. The lowest BCUT2D eigenvalue weighted by atomic mass is 10.3. The van der Waals surface area contributed by atoms with E-state index in [1.807, 2.05) is 23.4 Å². The highest BCUT2D eigenvalue weighted by molar-refractivity contribution is 8.04. The molecule has 3 N–H and O–H groups in total. The summed E-state index contributed by atoms with van der Waals surface area (Å²) in [6.45, 7) is 1.81. The quantitative estimate of drug-likeness (QED) is 0.865. The highest BCUT2D eigenvalue weighted by atomic mass is 32.2. The molecule has 0 aliphatic carbocycles. The summed E-state index contributed by atoms with van der Waals surface area (Å²) < 4.78 is 0. The molecular weight excluding hydrogens is 300 g/mol. The van der Waals surface area contributed by atoms with Crippen LogP contribution < -0.4 is 10.6 Å². The second-order valence-electron chi connectivity index (χ2n) is 4.99. The van der Waals surface area contributed by atoms with E-state index in [0.717, 1.165) is 29.1 Å². The van der Waals surface area contributed by atoms with E-state index in [4.69, 9.17) is 5.73 Å². The van der Waals surface area contributed by atoms with Crippen LogP contribution in [0.25, 0.3) is 11.0 Å². The lowest BCUT2D eigenvalue weighted by Crippen LogP contribution is -2.35. The summed E-state index contributed by atoms with van der Waals surface area (Å²) in [6.07, 6.45) is 5.25. The molecule has 1 amide bonds. The van der Waals surface area contributed by atoms with Gasteiger partial charge in [-0.1, -0.05) is 0 Å². The standard InChI is InChI=1S/C14H18N6OS/c1-19(5-3-15)14(21)11-8-20(6-7-22-11)13-10-2-4-16-12(10)17-9-18-13/h2,4,8-9H,3,5-7,15H2,1H3,(H,16,17,18). The van der Waals surface area contributed by atoms with Crippen LogP contribution in [0.3, 0.4) is 0 Å². The van der Waals surface area contributed by atoms with Gasteiger partial charge in [0.15, 0.2) is 0 Å². The summed E-state index contributed by atoms with van der Waals surface area (Å²) in [5.74, 6) is 1.65. The number of aromatic amines is 1. The van der Waals surface area contributed by atoms with E-state index in [9.17, 15) is 4.79 Å². The molecule has 1 aliphatic heterocycles. The van der Waals surface area contributed by atoms with Crippen molar-refractivity contribution in [2.45, 2.75) is 0 Å². The first-order valence-corrected chi connectivity index (χ1v) is 8.04. The normalized spacial score (nSPS) is 15.0. The average Bonchev–Trinajstić information content (AvgIpc) is 3.03. The Morgan fingerprint density at radius 1 is 1.55 bits per heavy atom. The number of carbonyl (C=O) groups excluding carboxylic acids is 1. The van der Waals surface area contributed by atoms with Gasteiger partial charge in [0, 0.05) is 44.8 Å². The summed E-state index contributed by atoms with van der Waals surface area (Å²) in [5, 5.41) is 0.952. The maximum atomic E-state index is 12.4. The number of hydrogen-bond acceptors (Lipinski definition) is 6. The summed E-state index contributed by atoms with van der Waals surface area (Å²) in [7, 11) is 1.77. The number of carbonyl (C=O) groups is 1. The zero-order chi connectivity index (χ0) is 15.5. The predicted molar refractivity (Wildman–Crippen MR) is 88.5 cm³/mol. The van der Waals surface area contributed by atoms with Gasteiger partial charge in [0.25, 0.3) is 5.91 Å². The lowest BCUT2D eigenvalue weighted by molar-refractivity contribution is -0.125. The third kappa shape index (κ3) is 2.79. The van der Waals surface area contributed by atoms with Crippen molar-refractivity contribution in [3.05, 3.63) is 29.7 Å². The van der Waals surface area contributed by atoms with Crippen molar-refractivity contribution in [1.82, 2.24) is 19.9 Å². The number of fused-ring (bicyclic) bond motifs is 1. The Bertz CT molecular complexity index is 712. The van der Waals surface area contributed by atoms with Crippen LogP contribution in [0.1, 0.15) is 0 Å². The fourth-order valence-electron chi connectivity index (χ4n) is 2.35. The van der Waals surface area contributed by atoms with Gasteiger partial charge in [-0.3, -0.25) is 4.79 Å². The van der Waals surface area contributed by atoms with Crippen LogP contribution in [0.15, 0.2) is 29.7 Å². The molecule has 0 unspecified atom stereocenters. The van der Waals surface area contributed by atoms with Crippen molar-refractivity contribution < 1.29 is 4.79 Å². The van der Waals surface area contributed by atoms with E-state index in [1.54, 1.807) is 23.7 Å². The first-order valence-electron chi connectivity index (χ1n) is 7.05. The first-order chi connectivity index (χ1) is 10.7. The number of aromatic nitrogens is 3. The number of amides is 1. The fraction of sp³-hybridized carbons (Fsp3) is 0.357. The highest BCUT2D eigenvalue weighted by Crippen LogP contribution is 2.29. The molecule has 0 radical (unpaired) electrons. The van der Waals surface area contributed by atoms with E-state index >= 15 is 0 Å². The number of H-pyrrole nitrogens is 1. The molecule has 0 fully saturated rings. The molecule has 7 nitrogen and oxygen atoms in total. The van der Waals surface area contributed by atoms with Gasteiger partial charge in [-0.25, -0.2) is 9.97 Å². The van der Waals surface area contributed by atoms with Gasteiger partial charge in [0.05, 0.1) is 10.3 Å². The van der Waals surface area contributed by atoms with Gasteiger partial charge in [-0.15, -0.1) is 11.8 Å². The van der Waals surface area contributed by atoms with Crippen LogP contribution >= 0.6 is 11.8 Å². The minimum absolute atomic E-state index is 0.000446. The molecule has 0 saturated heterocycles. The van der Waals surface area contributed by atoms with Crippen molar-refractivity contribution in [2.75, 3.05) is 37.3 Å². The zero-order valence-electron chi connectivity index (χ0n) is 12.3. The van der Waals surface area contributed by atoms with Crippen LogP contribution in [-0.2, 0) is 4.79 Å². The third-order valence-electron chi connectivity index (χ3n) is 3.49. The van der Waals surface area contributed by atoms with Crippen molar-refractivity contribution >= 4 is 34.5 Å². The Balaban J connectivity index is 1.90. The largest absolute Gasteiger partial charge is 0.346 e. The summed E-state index contributed by atoms with van der Waals surface area (Å²) in [4.78, 5) is 28.4. The molecule has 1 aliphatic rings. The van der Waals surface area contributed by atoms with Crippen molar-refractivity contribution in [2.24, 2.45) is 5.73 Å². The van der Waals surface area contributed by atoms with Crippen molar-refractivity contribution in [3.8, 4) is 0 Å². The maximum absolute atomic E-state index is 12.4. The number of rotatable bonds is 4. The van der Waals surface area contributed by atoms with Gasteiger partial charge in [0.1, 0.15) is 17.8 Å². The fourth-order valence-corrected chi connectivity index (χ4v) is 3.34. The second kappa shape index (κ2) is 6.37. The van der Waals surface area contributed by atoms with Crippen LogP contribution in [0.2, 0.25) is 0 Å². The highest BCUT2D eigenvalue weighted by Gasteiger charge is 2.22. The number of nitrogens with one attached hydrogen (secondary N) is 1. The minimum Gasteiger partial charge on any atom is -0.346 e. The molecule has 3 rings (SSSR count). The number of nitrogens with two attached hydrogens (primary N) is 1. The molecule has 3 heterocycles. The Morgan fingerprint density at radius 2 is 2.41 bits per heavy atom. The van der Waals surface area contributed by atoms with Crippen LogP contribution in [0.5, 0.6) is 0 Å².